The van der Waals surface area contributed by atoms with Gasteiger partial charge in [-0.2, -0.15) is 5.26 Å². The highest BCUT2D eigenvalue weighted by atomic mass is 32.2. The Balaban J connectivity index is 2.34. The van der Waals surface area contributed by atoms with Crippen LogP contribution in [0.15, 0.2) is 35.2 Å². The van der Waals surface area contributed by atoms with Gasteiger partial charge in [-0.1, -0.05) is 32.0 Å². The third-order valence-electron chi connectivity index (χ3n) is 3.29. The number of nitrogens with one attached hydrogen (secondary N) is 1. The molecule has 0 fully saturated rings. The van der Waals surface area contributed by atoms with Crippen LogP contribution in [0.2, 0.25) is 0 Å². The summed E-state index contributed by atoms with van der Waals surface area (Å²) in [5, 5.41) is 12.8. The standard InChI is InChI=1S/C16H24N2S/c1-3-12-18-16(4-2,14-17)11-8-13-19-15-9-6-5-7-10-15/h5-7,9-10,18H,3-4,8,11-13H2,1-2H3. The average molecular weight is 276 g/mol. The lowest BCUT2D eigenvalue weighted by molar-refractivity contribution is 0.371. The van der Waals surface area contributed by atoms with E-state index < -0.39 is 0 Å². The minimum absolute atomic E-state index is 0.326. The van der Waals surface area contributed by atoms with Gasteiger partial charge in [-0.05, 0) is 50.1 Å². The van der Waals surface area contributed by atoms with Crippen molar-refractivity contribution in [1.82, 2.24) is 5.32 Å². The van der Waals surface area contributed by atoms with E-state index in [4.69, 9.17) is 0 Å². The van der Waals surface area contributed by atoms with Crippen LogP contribution in [0.1, 0.15) is 39.5 Å². The number of hydrogen-bond donors (Lipinski definition) is 1. The Morgan fingerprint density at radius 2 is 2.00 bits per heavy atom. The van der Waals surface area contributed by atoms with Crippen molar-refractivity contribution < 1.29 is 0 Å². The Hall–Kier alpha value is -0.980. The largest absolute Gasteiger partial charge is 0.299 e. The fraction of sp³-hybridized carbons (Fsp3) is 0.562. The molecule has 104 valence electrons. The van der Waals surface area contributed by atoms with Gasteiger partial charge in [0.15, 0.2) is 0 Å². The van der Waals surface area contributed by atoms with E-state index in [1.807, 2.05) is 17.8 Å². The lowest BCUT2D eigenvalue weighted by Crippen LogP contribution is -2.43. The van der Waals surface area contributed by atoms with Gasteiger partial charge in [0.2, 0.25) is 0 Å². The van der Waals surface area contributed by atoms with Crippen molar-refractivity contribution in [3.05, 3.63) is 30.3 Å². The number of hydrogen-bond acceptors (Lipinski definition) is 3. The number of nitriles is 1. The summed E-state index contributed by atoms with van der Waals surface area (Å²) >= 11 is 1.87. The molecule has 1 atom stereocenters. The SMILES string of the molecule is CCCNC(C#N)(CC)CCCSc1ccccc1. The molecular weight excluding hydrogens is 252 g/mol. The molecule has 2 nitrogen and oxygen atoms in total. The second-order valence-electron chi connectivity index (χ2n) is 4.74. The second kappa shape index (κ2) is 9.01. The van der Waals surface area contributed by atoms with E-state index in [1.165, 1.54) is 4.90 Å². The highest BCUT2D eigenvalue weighted by Gasteiger charge is 2.25. The fourth-order valence-corrected chi connectivity index (χ4v) is 2.88. The third-order valence-corrected chi connectivity index (χ3v) is 4.39. The Labute approximate surface area is 121 Å². The maximum absolute atomic E-state index is 9.40. The van der Waals surface area contributed by atoms with E-state index in [-0.39, 0.29) is 5.54 Å². The van der Waals surface area contributed by atoms with Gasteiger partial charge in [0, 0.05) is 4.90 Å². The highest BCUT2D eigenvalue weighted by molar-refractivity contribution is 7.99. The molecule has 0 amide bonds. The summed E-state index contributed by atoms with van der Waals surface area (Å²) in [6, 6.07) is 12.9. The monoisotopic (exact) mass is 276 g/mol. The van der Waals surface area contributed by atoms with Gasteiger partial charge in [0.25, 0.3) is 0 Å². The first-order chi connectivity index (χ1) is 9.26. The zero-order chi connectivity index (χ0) is 14.0. The van der Waals surface area contributed by atoms with Gasteiger partial charge in [0.1, 0.15) is 5.54 Å². The quantitative estimate of drug-likeness (QED) is 0.541. The summed E-state index contributed by atoms with van der Waals surface area (Å²) < 4.78 is 0. The molecule has 3 heteroatoms. The van der Waals surface area contributed by atoms with Gasteiger partial charge >= 0.3 is 0 Å². The van der Waals surface area contributed by atoms with E-state index in [0.29, 0.717) is 0 Å². The summed E-state index contributed by atoms with van der Waals surface area (Å²) in [7, 11) is 0. The molecule has 0 aliphatic heterocycles. The van der Waals surface area contributed by atoms with Crippen LogP contribution >= 0.6 is 11.8 Å². The van der Waals surface area contributed by atoms with Crippen LogP contribution < -0.4 is 5.32 Å². The molecule has 0 saturated carbocycles. The average Bonchev–Trinajstić information content (AvgIpc) is 2.48. The van der Waals surface area contributed by atoms with Crippen LogP contribution in [-0.2, 0) is 0 Å². The van der Waals surface area contributed by atoms with Crippen molar-refractivity contribution in [3.8, 4) is 6.07 Å². The van der Waals surface area contributed by atoms with Gasteiger partial charge in [0.05, 0.1) is 6.07 Å². The van der Waals surface area contributed by atoms with Crippen molar-refractivity contribution in [3.63, 3.8) is 0 Å². The highest BCUT2D eigenvalue weighted by Crippen LogP contribution is 2.22. The molecule has 1 rings (SSSR count). The fourth-order valence-electron chi connectivity index (χ4n) is 2.01. The Morgan fingerprint density at radius 1 is 1.26 bits per heavy atom. The van der Waals surface area contributed by atoms with Gasteiger partial charge in [-0.15, -0.1) is 11.8 Å². The molecule has 0 aromatic heterocycles. The Bertz CT molecular complexity index is 385. The van der Waals surface area contributed by atoms with Crippen LogP contribution in [-0.4, -0.2) is 17.8 Å². The molecule has 0 radical (unpaired) electrons. The first-order valence-corrected chi connectivity index (χ1v) is 8.09. The summed E-state index contributed by atoms with van der Waals surface area (Å²) in [5.74, 6) is 1.07. The number of rotatable bonds is 9. The van der Waals surface area contributed by atoms with Crippen LogP contribution in [0.5, 0.6) is 0 Å². The topological polar surface area (TPSA) is 35.8 Å². The number of benzene rings is 1. The zero-order valence-electron chi connectivity index (χ0n) is 12.0. The van der Waals surface area contributed by atoms with E-state index >= 15 is 0 Å². The van der Waals surface area contributed by atoms with E-state index in [2.05, 4.69) is 49.5 Å². The first-order valence-electron chi connectivity index (χ1n) is 7.10. The molecule has 0 heterocycles. The van der Waals surface area contributed by atoms with Crippen LogP contribution in [0, 0.1) is 11.3 Å². The molecule has 19 heavy (non-hydrogen) atoms. The molecule has 0 aliphatic rings. The van der Waals surface area contributed by atoms with Crippen molar-refractivity contribution in [2.24, 2.45) is 0 Å². The molecular formula is C16H24N2S. The summed E-state index contributed by atoms with van der Waals surface area (Å²) in [6.45, 7) is 5.15. The first kappa shape index (κ1) is 16.1. The predicted molar refractivity (Wildman–Crippen MR) is 83.3 cm³/mol. The van der Waals surface area contributed by atoms with Crippen LogP contribution in [0.25, 0.3) is 0 Å². The minimum Gasteiger partial charge on any atom is -0.299 e. The summed E-state index contributed by atoms with van der Waals surface area (Å²) in [4.78, 5) is 1.31. The lowest BCUT2D eigenvalue weighted by Gasteiger charge is -2.26. The minimum atomic E-state index is -0.326. The van der Waals surface area contributed by atoms with Crippen molar-refractivity contribution in [2.75, 3.05) is 12.3 Å². The molecule has 1 aromatic carbocycles. The number of thioether (sulfide) groups is 1. The number of nitrogens with zero attached hydrogens (tertiary/aromatic N) is 1. The van der Waals surface area contributed by atoms with Crippen LogP contribution in [0.3, 0.4) is 0 Å². The normalized spacial score (nSPS) is 13.7. The molecule has 1 unspecified atom stereocenters. The van der Waals surface area contributed by atoms with Gasteiger partial charge in [-0.3, -0.25) is 5.32 Å². The predicted octanol–water partition coefficient (Wildman–Crippen LogP) is 4.23. The lowest BCUT2D eigenvalue weighted by atomic mass is 9.92. The summed E-state index contributed by atoms with van der Waals surface area (Å²) in [5.41, 5.74) is -0.326. The van der Waals surface area contributed by atoms with E-state index in [1.54, 1.807) is 0 Å². The van der Waals surface area contributed by atoms with E-state index in [0.717, 1.165) is 38.0 Å². The molecule has 0 aliphatic carbocycles. The van der Waals surface area contributed by atoms with Crippen LogP contribution in [0.4, 0.5) is 0 Å². The van der Waals surface area contributed by atoms with Gasteiger partial charge in [-0.25, -0.2) is 0 Å². The van der Waals surface area contributed by atoms with Crippen molar-refractivity contribution in [2.45, 2.75) is 50.0 Å². The second-order valence-corrected chi connectivity index (χ2v) is 5.91. The van der Waals surface area contributed by atoms with E-state index in [9.17, 15) is 5.26 Å². The molecule has 0 saturated heterocycles. The Morgan fingerprint density at radius 3 is 2.58 bits per heavy atom. The zero-order valence-corrected chi connectivity index (χ0v) is 12.8. The van der Waals surface area contributed by atoms with Gasteiger partial charge < -0.3 is 0 Å². The molecule has 1 aromatic rings. The molecule has 1 N–H and O–H groups in total. The third kappa shape index (κ3) is 5.67. The van der Waals surface area contributed by atoms with Crippen molar-refractivity contribution in [1.29, 1.82) is 5.26 Å². The maximum Gasteiger partial charge on any atom is 0.106 e. The smallest absolute Gasteiger partial charge is 0.106 e. The Kier molecular flexibility index (Phi) is 7.62. The molecule has 0 bridgehead atoms. The molecule has 0 spiro atoms. The van der Waals surface area contributed by atoms with Crippen molar-refractivity contribution >= 4 is 11.8 Å². The summed E-state index contributed by atoms with van der Waals surface area (Å²) in [6.07, 6.45) is 3.94. The maximum atomic E-state index is 9.40.